The Kier molecular flexibility index (Phi) is 6.07. The minimum atomic E-state index is -1.02. The van der Waals surface area contributed by atoms with Crippen LogP contribution in [0, 0.1) is 5.82 Å². The molecule has 1 heterocycles. The summed E-state index contributed by atoms with van der Waals surface area (Å²) in [4.78, 5) is 27.5. The van der Waals surface area contributed by atoms with Crippen LogP contribution in [0.5, 0.6) is 11.5 Å². The molecule has 0 aromatic heterocycles. The number of carbonyl (C=O) groups excluding carboxylic acids is 2. The van der Waals surface area contributed by atoms with Gasteiger partial charge in [-0.25, -0.2) is 4.39 Å². The van der Waals surface area contributed by atoms with Gasteiger partial charge in [-0.05, 0) is 48.5 Å². The lowest BCUT2D eigenvalue weighted by Gasteiger charge is -2.26. The smallest absolute Gasteiger partial charge is 0.300 e. The molecule has 1 aliphatic heterocycles. The first-order chi connectivity index (χ1) is 15.9. The minimum Gasteiger partial charge on any atom is -0.507 e. The summed E-state index contributed by atoms with van der Waals surface area (Å²) >= 11 is 6.21. The van der Waals surface area contributed by atoms with Crippen molar-refractivity contribution in [3.05, 3.63) is 94.3 Å². The number of para-hydroxylation sites is 1. The van der Waals surface area contributed by atoms with Crippen LogP contribution in [-0.4, -0.2) is 31.0 Å². The number of halogens is 2. The van der Waals surface area contributed by atoms with E-state index in [1.807, 2.05) is 0 Å². The van der Waals surface area contributed by atoms with Crippen molar-refractivity contribution in [1.29, 1.82) is 0 Å². The van der Waals surface area contributed by atoms with Crippen LogP contribution in [0.4, 0.5) is 10.1 Å². The van der Waals surface area contributed by atoms with Gasteiger partial charge in [0.25, 0.3) is 11.7 Å². The van der Waals surface area contributed by atoms with E-state index in [4.69, 9.17) is 21.1 Å². The van der Waals surface area contributed by atoms with Gasteiger partial charge >= 0.3 is 0 Å². The second-order valence-corrected chi connectivity index (χ2v) is 7.64. The van der Waals surface area contributed by atoms with Gasteiger partial charge in [-0.1, -0.05) is 29.8 Å². The number of aliphatic hydroxyl groups excluding tert-OH is 1. The number of ether oxygens (including phenoxy) is 2. The Balaban J connectivity index is 1.97. The summed E-state index contributed by atoms with van der Waals surface area (Å²) in [5, 5.41) is 11.4. The van der Waals surface area contributed by atoms with Gasteiger partial charge < -0.3 is 14.6 Å². The number of Topliss-reactive ketones (excluding diaryl/α,β-unsaturated/α-hetero) is 1. The van der Waals surface area contributed by atoms with E-state index in [1.165, 1.54) is 55.5 Å². The van der Waals surface area contributed by atoms with Gasteiger partial charge in [-0.3, -0.25) is 14.5 Å². The molecule has 168 valence electrons. The van der Waals surface area contributed by atoms with Crippen molar-refractivity contribution in [3.63, 3.8) is 0 Å². The number of rotatable bonds is 5. The molecule has 33 heavy (non-hydrogen) atoms. The first-order valence-electron chi connectivity index (χ1n) is 9.90. The van der Waals surface area contributed by atoms with Crippen LogP contribution < -0.4 is 14.4 Å². The van der Waals surface area contributed by atoms with Crippen molar-refractivity contribution < 1.29 is 28.6 Å². The molecule has 0 aliphatic carbocycles. The molecule has 0 spiro atoms. The first-order valence-corrected chi connectivity index (χ1v) is 10.3. The Morgan fingerprint density at radius 3 is 2.27 bits per heavy atom. The number of ketones is 1. The van der Waals surface area contributed by atoms with Gasteiger partial charge in [0.05, 0.1) is 30.9 Å². The van der Waals surface area contributed by atoms with Crippen LogP contribution in [-0.2, 0) is 9.59 Å². The second kappa shape index (κ2) is 8.96. The van der Waals surface area contributed by atoms with Crippen LogP contribution >= 0.6 is 11.6 Å². The summed E-state index contributed by atoms with van der Waals surface area (Å²) in [6.45, 7) is 0. The van der Waals surface area contributed by atoms with Crippen LogP contribution in [0.25, 0.3) is 5.76 Å². The molecule has 8 heteroatoms. The maximum Gasteiger partial charge on any atom is 0.300 e. The zero-order chi connectivity index (χ0) is 23.7. The molecule has 0 radical (unpaired) electrons. The highest BCUT2D eigenvalue weighted by molar-refractivity contribution is 6.51. The topological polar surface area (TPSA) is 76.1 Å². The van der Waals surface area contributed by atoms with Gasteiger partial charge in [0, 0.05) is 16.8 Å². The summed E-state index contributed by atoms with van der Waals surface area (Å²) in [6, 6.07) is 15.5. The van der Waals surface area contributed by atoms with Crippen LogP contribution in [0.3, 0.4) is 0 Å². The van der Waals surface area contributed by atoms with E-state index in [-0.39, 0.29) is 16.2 Å². The van der Waals surface area contributed by atoms with Crippen molar-refractivity contribution in [1.82, 2.24) is 0 Å². The fourth-order valence-corrected chi connectivity index (χ4v) is 4.11. The fraction of sp³-hybridized carbons (Fsp3) is 0.120. The van der Waals surface area contributed by atoms with Crippen molar-refractivity contribution in [3.8, 4) is 11.5 Å². The Labute approximate surface area is 194 Å². The standard InChI is InChI=1S/C25H19ClFNO5/c1-32-19-6-4-3-5-17(19)22-21(23(29)14-7-12-20(33-2)18(26)13-14)24(30)25(31)28(22)16-10-8-15(27)9-11-16/h3-13,22,29H,1-2H3/b23-21+. The Morgan fingerprint density at radius 1 is 0.970 bits per heavy atom. The molecule has 4 rings (SSSR count). The maximum absolute atomic E-state index is 13.5. The number of anilines is 1. The summed E-state index contributed by atoms with van der Waals surface area (Å²) in [7, 11) is 2.92. The quantitative estimate of drug-likeness (QED) is 0.320. The molecule has 1 fully saturated rings. The van der Waals surface area contributed by atoms with Crippen molar-refractivity contribution in [2.75, 3.05) is 19.1 Å². The normalized spacial score (nSPS) is 17.3. The monoisotopic (exact) mass is 467 g/mol. The van der Waals surface area contributed by atoms with Crippen molar-refractivity contribution in [2.45, 2.75) is 6.04 Å². The molecule has 1 unspecified atom stereocenters. The molecule has 0 saturated carbocycles. The lowest BCUT2D eigenvalue weighted by molar-refractivity contribution is -0.132. The zero-order valence-corrected chi connectivity index (χ0v) is 18.5. The van der Waals surface area contributed by atoms with E-state index < -0.39 is 29.3 Å². The van der Waals surface area contributed by atoms with Crippen molar-refractivity contribution >= 4 is 34.7 Å². The minimum absolute atomic E-state index is 0.143. The summed E-state index contributed by atoms with van der Waals surface area (Å²) in [6.07, 6.45) is 0. The van der Waals surface area contributed by atoms with Crippen LogP contribution in [0.15, 0.2) is 72.3 Å². The number of nitrogens with zero attached hydrogens (tertiary/aromatic N) is 1. The van der Waals surface area contributed by atoms with E-state index in [2.05, 4.69) is 0 Å². The van der Waals surface area contributed by atoms with Gasteiger partial charge in [0.15, 0.2) is 0 Å². The molecule has 0 bridgehead atoms. The molecule has 1 saturated heterocycles. The van der Waals surface area contributed by atoms with Crippen molar-refractivity contribution in [2.24, 2.45) is 0 Å². The van der Waals surface area contributed by atoms with E-state index in [0.29, 0.717) is 22.7 Å². The SMILES string of the molecule is COc1ccc(/C(O)=C2\C(=O)C(=O)N(c3ccc(F)cc3)C2c2ccccc2OC)cc1Cl. The maximum atomic E-state index is 13.5. The van der Waals surface area contributed by atoms with E-state index in [1.54, 1.807) is 30.3 Å². The highest BCUT2D eigenvalue weighted by Gasteiger charge is 2.47. The van der Waals surface area contributed by atoms with Gasteiger partial charge in [-0.15, -0.1) is 0 Å². The first kappa shape index (κ1) is 22.4. The Bertz CT molecular complexity index is 1270. The molecule has 3 aromatic carbocycles. The molecule has 1 aliphatic rings. The average molecular weight is 468 g/mol. The molecule has 3 aromatic rings. The number of benzene rings is 3. The van der Waals surface area contributed by atoms with Crippen LogP contribution in [0.1, 0.15) is 17.2 Å². The number of carbonyl (C=O) groups is 2. The largest absolute Gasteiger partial charge is 0.507 e. The number of amides is 1. The van der Waals surface area contributed by atoms with Gasteiger partial charge in [-0.2, -0.15) is 0 Å². The number of methoxy groups -OCH3 is 2. The van der Waals surface area contributed by atoms with E-state index >= 15 is 0 Å². The third-order valence-corrected chi connectivity index (χ3v) is 5.70. The van der Waals surface area contributed by atoms with E-state index in [9.17, 15) is 19.1 Å². The molecular weight excluding hydrogens is 449 g/mol. The molecular formula is C25H19ClFNO5. The third kappa shape index (κ3) is 3.91. The average Bonchev–Trinajstić information content (AvgIpc) is 3.09. The summed E-state index contributed by atoms with van der Waals surface area (Å²) in [5.74, 6) is -1.84. The van der Waals surface area contributed by atoms with Crippen LogP contribution in [0.2, 0.25) is 5.02 Å². The summed E-state index contributed by atoms with van der Waals surface area (Å²) in [5.41, 5.74) is 0.860. The Morgan fingerprint density at radius 2 is 1.64 bits per heavy atom. The number of hydrogen-bond acceptors (Lipinski definition) is 5. The lowest BCUT2D eigenvalue weighted by atomic mass is 9.94. The summed E-state index contributed by atoms with van der Waals surface area (Å²) < 4.78 is 24.2. The van der Waals surface area contributed by atoms with E-state index in [0.717, 1.165) is 0 Å². The highest BCUT2D eigenvalue weighted by atomic mass is 35.5. The highest BCUT2D eigenvalue weighted by Crippen LogP contribution is 2.45. The molecule has 1 atom stereocenters. The number of aliphatic hydroxyl groups is 1. The third-order valence-electron chi connectivity index (χ3n) is 5.41. The second-order valence-electron chi connectivity index (χ2n) is 7.24. The fourth-order valence-electron chi connectivity index (χ4n) is 3.86. The van der Waals surface area contributed by atoms with Gasteiger partial charge in [0.1, 0.15) is 23.1 Å². The molecule has 1 N–H and O–H groups in total. The zero-order valence-electron chi connectivity index (χ0n) is 17.7. The lowest BCUT2D eigenvalue weighted by Crippen LogP contribution is -2.29. The Hall–Kier alpha value is -3.84. The predicted octanol–water partition coefficient (Wildman–Crippen LogP) is 5.12. The predicted molar refractivity (Wildman–Crippen MR) is 122 cm³/mol. The number of hydrogen-bond donors (Lipinski definition) is 1. The molecule has 6 nitrogen and oxygen atoms in total. The molecule has 1 amide bonds. The van der Waals surface area contributed by atoms with Gasteiger partial charge in [0.2, 0.25) is 0 Å².